The van der Waals surface area contributed by atoms with E-state index in [1.165, 1.54) is 11.1 Å². The fourth-order valence-corrected chi connectivity index (χ4v) is 3.03. The third-order valence-electron chi connectivity index (χ3n) is 3.86. The SMILES string of the molecule is O=C(O)C(Nc1cc2c(cc1Cl)CCC2)c1ccccc1. The van der Waals surface area contributed by atoms with E-state index in [0.29, 0.717) is 16.3 Å². The van der Waals surface area contributed by atoms with Crippen molar-refractivity contribution in [3.63, 3.8) is 0 Å². The van der Waals surface area contributed by atoms with Crippen LogP contribution in [0.1, 0.15) is 29.2 Å². The van der Waals surface area contributed by atoms with Gasteiger partial charge in [-0.05, 0) is 48.1 Å². The quantitative estimate of drug-likeness (QED) is 0.895. The van der Waals surface area contributed by atoms with Gasteiger partial charge in [-0.25, -0.2) is 4.79 Å². The number of anilines is 1. The molecule has 0 bridgehead atoms. The monoisotopic (exact) mass is 301 g/mol. The highest BCUT2D eigenvalue weighted by atomic mass is 35.5. The van der Waals surface area contributed by atoms with Gasteiger partial charge in [0, 0.05) is 0 Å². The highest BCUT2D eigenvalue weighted by molar-refractivity contribution is 6.33. The molecule has 1 aliphatic rings. The molecule has 1 unspecified atom stereocenters. The molecule has 21 heavy (non-hydrogen) atoms. The Balaban J connectivity index is 1.92. The van der Waals surface area contributed by atoms with Gasteiger partial charge in [0.2, 0.25) is 0 Å². The fourth-order valence-electron chi connectivity index (χ4n) is 2.79. The van der Waals surface area contributed by atoms with Crippen molar-refractivity contribution >= 4 is 23.3 Å². The number of aryl methyl sites for hydroxylation is 2. The van der Waals surface area contributed by atoms with Crippen LogP contribution in [0.15, 0.2) is 42.5 Å². The van der Waals surface area contributed by atoms with Gasteiger partial charge < -0.3 is 10.4 Å². The number of halogens is 1. The van der Waals surface area contributed by atoms with E-state index in [9.17, 15) is 9.90 Å². The molecule has 3 rings (SSSR count). The van der Waals surface area contributed by atoms with Gasteiger partial charge in [-0.3, -0.25) is 0 Å². The third-order valence-corrected chi connectivity index (χ3v) is 4.17. The van der Waals surface area contributed by atoms with Crippen LogP contribution in [-0.4, -0.2) is 11.1 Å². The summed E-state index contributed by atoms with van der Waals surface area (Å²) in [6.45, 7) is 0. The zero-order valence-corrected chi connectivity index (χ0v) is 12.2. The summed E-state index contributed by atoms with van der Waals surface area (Å²) in [5.74, 6) is -0.919. The highest BCUT2D eigenvalue weighted by Crippen LogP contribution is 2.33. The minimum absolute atomic E-state index is 0.581. The summed E-state index contributed by atoms with van der Waals surface area (Å²) in [7, 11) is 0. The standard InChI is InChI=1S/C17H16ClNO2/c18-14-9-12-7-4-8-13(12)10-15(14)19-16(17(20)21)11-5-2-1-3-6-11/h1-3,5-6,9-10,16,19H,4,7-8H2,(H,20,21). The summed E-state index contributed by atoms with van der Waals surface area (Å²) in [6, 6.07) is 12.3. The Hall–Kier alpha value is -2.00. The van der Waals surface area contributed by atoms with E-state index in [0.717, 1.165) is 19.3 Å². The molecule has 0 spiro atoms. The second kappa shape index (κ2) is 5.78. The first kappa shape index (κ1) is 14.0. The molecule has 1 atom stereocenters. The van der Waals surface area contributed by atoms with Crippen molar-refractivity contribution in [2.75, 3.05) is 5.32 Å². The minimum atomic E-state index is -0.919. The van der Waals surface area contributed by atoms with Crippen LogP contribution in [0.2, 0.25) is 5.02 Å². The lowest BCUT2D eigenvalue weighted by molar-refractivity contribution is -0.138. The average Bonchev–Trinajstić information content (AvgIpc) is 2.92. The molecule has 0 aliphatic heterocycles. The number of carbonyl (C=O) groups is 1. The van der Waals surface area contributed by atoms with Crippen LogP contribution in [0.5, 0.6) is 0 Å². The molecule has 108 valence electrons. The van der Waals surface area contributed by atoms with Crippen molar-refractivity contribution in [1.29, 1.82) is 0 Å². The van der Waals surface area contributed by atoms with E-state index >= 15 is 0 Å². The number of aliphatic carboxylic acids is 1. The normalized spacial score (nSPS) is 14.5. The van der Waals surface area contributed by atoms with Crippen molar-refractivity contribution in [3.8, 4) is 0 Å². The molecule has 0 heterocycles. The fraction of sp³-hybridized carbons (Fsp3) is 0.235. The number of hydrogen-bond acceptors (Lipinski definition) is 2. The van der Waals surface area contributed by atoms with E-state index in [2.05, 4.69) is 5.32 Å². The number of carboxylic acids is 1. The molecule has 0 saturated heterocycles. The molecule has 4 heteroatoms. The van der Waals surface area contributed by atoms with Gasteiger partial charge >= 0.3 is 5.97 Å². The van der Waals surface area contributed by atoms with Crippen LogP contribution in [0.25, 0.3) is 0 Å². The Morgan fingerprint density at radius 3 is 2.48 bits per heavy atom. The molecular weight excluding hydrogens is 286 g/mol. The molecule has 0 saturated carbocycles. The summed E-state index contributed by atoms with van der Waals surface area (Å²) in [6.07, 6.45) is 3.22. The van der Waals surface area contributed by atoms with Crippen LogP contribution in [0.4, 0.5) is 5.69 Å². The lowest BCUT2D eigenvalue weighted by Gasteiger charge is -2.18. The molecule has 3 nitrogen and oxygen atoms in total. The van der Waals surface area contributed by atoms with Crippen LogP contribution in [0, 0.1) is 0 Å². The number of nitrogens with one attached hydrogen (secondary N) is 1. The van der Waals surface area contributed by atoms with E-state index in [-0.39, 0.29) is 0 Å². The van der Waals surface area contributed by atoms with Gasteiger partial charge in [0.15, 0.2) is 6.04 Å². The minimum Gasteiger partial charge on any atom is -0.479 e. The Labute approximate surface area is 128 Å². The number of carboxylic acid groups (broad SMARTS) is 1. The second-order valence-corrected chi connectivity index (χ2v) is 5.69. The summed E-state index contributed by atoms with van der Waals surface area (Å²) in [5, 5.41) is 13.1. The maximum Gasteiger partial charge on any atom is 0.330 e. The van der Waals surface area contributed by atoms with Gasteiger partial charge in [-0.1, -0.05) is 41.9 Å². The van der Waals surface area contributed by atoms with Crippen LogP contribution >= 0.6 is 11.6 Å². The molecule has 2 aromatic rings. The van der Waals surface area contributed by atoms with Crippen molar-refractivity contribution < 1.29 is 9.90 Å². The van der Waals surface area contributed by atoms with E-state index < -0.39 is 12.0 Å². The van der Waals surface area contributed by atoms with Gasteiger partial charge in [-0.2, -0.15) is 0 Å². The third kappa shape index (κ3) is 2.88. The first-order valence-electron chi connectivity index (χ1n) is 7.01. The molecule has 2 N–H and O–H groups in total. The topological polar surface area (TPSA) is 49.3 Å². The highest BCUT2D eigenvalue weighted by Gasteiger charge is 2.22. The summed E-state index contributed by atoms with van der Waals surface area (Å²) in [4.78, 5) is 11.5. The molecule has 1 aliphatic carbocycles. The summed E-state index contributed by atoms with van der Waals surface area (Å²) < 4.78 is 0. The average molecular weight is 302 g/mol. The van der Waals surface area contributed by atoms with Crippen molar-refractivity contribution in [3.05, 3.63) is 64.2 Å². The molecule has 2 aromatic carbocycles. The maximum absolute atomic E-state index is 11.5. The van der Waals surface area contributed by atoms with Gasteiger partial charge in [0.05, 0.1) is 10.7 Å². The Morgan fingerprint density at radius 2 is 1.81 bits per heavy atom. The molecule has 0 aromatic heterocycles. The number of rotatable bonds is 4. The first-order valence-corrected chi connectivity index (χ1v) is 7.38. The molecule has 0 amide bonds. The summed E-state index contributed by atoms with van der Waals surface area (Å²) in [5.41, 5.74) is 3.94. The molecular formula is C17H16ClNO2. The van der Waals surface area contributed by atoms with Gasteiger partial charge in [0.25, 0.3) is 0 Å². The number of hydrogen-bond donors (Lipinski definition) is 2. The zero-order valence-electron chi connectivity index (χ0n) is 11.5. The first-order chi connectivity index (χ1) is 10.1. The second-order valence-electron chi connectivity index (χ2n) is 5.28. The number of benzene rings is 2. The predicted molar refractivity (Wildman–Crippen MR) is 83.9 cm³/mol. The largest absolute Gasteiger partial charge is 0.479 e. The lowest BCUT2D eigenvalue weighted by atomic mass is 10.1. The molecule has 0 fully saturated rings. The number of fused-ring (bicyclic) bond motifs is 1. The maximum atomic E-state index is 11.5. The van der Waals surface area contributed by atoms with E-state index in [1.54, 1.807) is 12.1 Å². The smallest absolute Gasteiger partial charge is 0.330 e. The predicted octanol–water partition coefficient (Wildman–Crippen LogP) is 4.07. The Bertz CT molecular complexity index is 670. The van der Waals surface area contributed by atoms with Crippen LogP contribution in [0.3, 0.4) is 0 Å². The van der Waals surface area contributed by atoms with Gasteiger partial charge in [0.1, 0.15) is 0 Å². The summed E-state index contributed by atoms with van der Waals surface area (Å²) >= 11 is 6.29. The van der Waals surface area contributed by atoms with Crippen molar-refractivity contribution in [2.24, 2.45) is 0 Å². The Morgan fingerprint density at radius 1 is 1.14 bits per heavy atom. The van der Waals surface area contributed by atoms with Crippen LogP contribution in [-0.2, 0) is 17.6 Å². The van der Waals surface area contributed by atoms with E-state index in [1.807, 2.05) is 30.3 Å². The molecule has 0 radical (unpaired) electrons. The Kier molecular flexibility index (Phi) is 3.84. The van der Waals surface area contributed by atoms with Gasteiger partial charge in [-0.15, -0.1) is 0 Å². The van der Waals surface area contributed by atoms with Crippen molar-refractivity contribution in [1.82, 2.24) is 0 Å². The van der Waals surface area contributed by atoms with Crippen molar-refractivity contribution in [2.45, 2.75) is 25.3 Å². The van der Waals surface area contributed by atoms with E-state index in [4.69, 9.17) is 11.6 Å². The van der Waals surface area contributed by atoms with Crippen LogP contribution < -0.4 is 5.32 Å². The lowest BCUT2D eigenvalue weighted by Crippen LogP contribution is -2.20. The zero-order chi connectivity index (χ0) is 14.8.